The molecule has 0 amide bonds. The molecule has 1 aliphatic heterocycles. The van der Waals surface area contributed by atoms with Crippen molar-refractivity contribution in [3.05, 3.63) is 35.9 Å². The number of aryl methyl sites for hydroxylation is 1. The van der Waals surface area contributed by atoms with E-state index < -0.39 is 0 Å². The maximum atomic E-state index is 9.47. The summed E-state index contributed by atoms with van der Waals surface area (Å²) in [5.41, 5.74) is 1.57. The molecule has 1 aromatic carbocycles. The second-order valence-electron chi connectivity index (χ2n) is 4.92. The summed E-state index contributed by atoms with van der Waals surface area (Å²) >= 11 is 0. The molecule has 2 nitrogen and oxygen atoms in total. The summed E-state index contributed by atoms with van der Waals surface area (Å²) in [6.45, 7) is 2.37. The summed E-state index contributed by atoms with van der Waals surface area (Å²) in [5.74, 6) is 0. The zero-order valence-electron chi connectivity index (χ0n) is 9.78. The van der Waals surface area contributed by atoms with Gasteiger partial charge >= 0.3 is 0 Å². The first kappa shape index (κ1) is 11.6. The minimum atomic E-state index is 0.161. The zero-order chi connectivity index (χ0) is 11.3. The van der Waals surface area contributed by atoms with Crippen LogP contribution in [-0.4, -0.2) is 24.8 Å². The van der Waals surface area contributed by atoms with Gasteiger partial charge in [-0.25, -0.2) is 0 Å². The van der Waals surface area contributed by atoms with Crippen molar-refractivity contribution in [2.24, 2.45) is 5.41 Å². The first-order valence-electron chi connectivity index (χ1n) is 6.20. The lowest BCUT2D eigenvalue weighted by atomic mass is 9.82. The molecular formula is C14H21NO. The van der Waals surface area contributed by atoms with Crippen molar-refractivity contribution >= 4 is 0 Å². The predicted octanol–water partition coefficient (Wildman–Crippen LogP) is 1.98. The molecule has 0 spiro atoms. The average Bonchev–Trinajstić information content (AvgIpc) is 2.80. The number of hydrogen-bond acceptors (Lipinski definition) is 2. The minimum absolute atomic E-state index is 0.161. The van der Waals surface area contributed by atoms with Crippen LogP contribution in [0, 0.1) is 5.41 Å². The fraction of sp³-hybridized carbons (Fsp3) is 0.571. The standard InChI is InChI=1S/C14H21NO/c16-12-14(9-10-15-11-14)8-4-7-13-5-2-1-3-6-13/h1-3,5-6,15-16H,4,7-12H2. The van der Waals surface area contributed by atoms with Crippen molar-refractivity contribution in [1.29, 1.82) is 0 Å². The lowest BCUT2D eigenvalue weighted by molar-refractivity contribution is 0.131. The van der Waals surface area contributed by atoms with Crippen LogP contribution in [0.2, 0.25) is 0 Å². The highest BCUT2D eigenvalue weighted by atomic mass is 16.3. The Hall–Kier alpha value is -0.860. The van der Waals surface area contributed by atoms with Crippen LogP contribution >= 0.6 is 0 Å². The minimum Gasteiger partial charge on any atom is -0.396 e. The Kier molecular flexibility index (Phi) is 3.97. The van der Waals surface area contributed by atoms with Crippen molar-refractivity contribution in [2.45, 2.75) is 25.7 Å². The fourth-order valence-corrected chi connectivity index (χ4v) is 2.54. The van der Waals surface area contributed by atoms with Crippen molar-refractivity contribution in [3.8, 4) is 0 Å². The Morgan fingerprint density at radius 1 is 1.25 bits per heavy atom. The Bertz CT molecular complexity index is 304. The number of aliphatic hydroxyl groups excluding tert-OH is 1. The maximum Gasteiger partial charge on any atom is 0.0500 e. The van der Waals surface area contributed by atoms with E-state index in [0.29, 0.717) is 6.61 Å². The molecule has 2 heteroatoms. The van der Waals surface area contributed by atoms with Gasteiger partial charge in [-0.2, -0.15) is 0 Å². The second-order valence-corrected chi connectivity index (χ2v) is 4.92. The van der Waals surface area contributed by atoms with E-state index in [4.69, 9.17) is 0 Å². The van der Waals surface area contributed by atoms with Gasteiger partial charge in [-0.1, -0.05) is 30.3 Å². The van der Waals surface area contributed by atoms with E-state index in [9.17, 15) is 5.11 Å². The summed E-state index contributed by atoms with van der Waals surface area (Å²) in [4.78, 5) is 0. The molecule has 1 unspecified atom stereocenters. The predicted molar refractivity (Wildman–Crippen MR) is 66.4 cm³/mol. The molecule has 0 aromatic heterocycles. The third kappa shape index (κ3) is 2.83. The van der Waals surface area contributed by atoms with Crippen LogP contribution < -0.4 is 5.32 Å². The molecular weight excluding hydrogens is 198 g/mol. The molecule has 1 atom stereocenters. The number of aliphatic hydroxyl groups is 1. The smallest absolute Gasteiger partial charge is 0.0500 e. The SMILES string of the molecule is OCC1(CCCc2ccccc2)CCNC1. The monoisotopic (exact) mass is 219 g/mol. The third-order valence-electron chi connectivity index (χ3n) is 3.68. The molecule has 1 fully saturated rings. The van der Waals surface area contributed by atoms with Crippen LogP contribution in [0.4, 0.5) is 0 Å². The van der Waals surface area contributed by atoms with Crippen molar-refractivity contribution in [2.75, 3.05) is 19.7 Å². The van der Waals surface area contributed by atoms with E-state index in [0.717, 1.165) is 32.4 Å². The van der Waals surface area contributed by atoms with E-state index >= 15 is 0 Å². The van der Waals surface area contributed by atoms with Crippen LogP contribution in [0.5, 0.6) is 0 Å². The summed E-state index contributed by atoms with van der Waals surface area (Å²) in [5, 5.41) is 12.8. The van der Waals surface area contributed by atoms with Crippen LogP contribution in [0.1, 0.15) is 24.8 Å². The summed E-state index contributed by atoms with van der Waals surface area (Å²) in [7, 11) is 0. The van der Waals surface area contributed by atoms with E-state index in [1.807, 2.05) is 0 Å². The summed E-state index contributed by atoms with van der Waals surface area (Å²) in [6, 6.07) is 10.6. The molecule has 0 bridgehead atoms. The molecule has 2 rings (SSSR count). The highest BCUT2D eigenvalue weighted by Gasteiger charge is 2.32. The zero-order valence-corrected chi connectivity index (χ0v) is 9.78. The summed E-state index contributed by atoms with van der Waals surface area (Å²) in [6.07, 6.45) is 4.55. The molecule has 1 aromatic rings. The number of benzene rings is 1. The topological polar surface area (TPSA) is 32.3 Å². The maximum absolute atomic E-state index is 9.47. The fourth-order valence-electron chi connectivity index (χ4n) is 2.54. The number of rotatable bonds is 5. The average molecular weight is 219 g/mol. The van der Waals surface area contributed by atoms with Gasteiger partial charge in [-0.05, 0) is 37.8 Å². The van der Waals surface area contributed by atoms with Gasteiger partial charge < -0.3 is 10.4 Å². The van der Waals surface area contributed by atoms with Gasteiger partial charge in [0.1, 0.15) is 0 Å². The van der Waals surface area contributed by atoms with Gasteiger partial charge in [0.15, 0.2) is 0 Å². The molecule has 1 saturated heterocycles. The van der Waals surface area contributed by atoms with Gasteiger partial charge in [0, 0.05) is 18.6 Å². The summed E-state index contributed by atoms with van der Waals surface area (Å²) < 4.78 is 0. The molecule has 1 heterocycles. The largest absolute Gasteiger partial charge is 0.396 e. The molecule has 0 radical (unpaired) electrons. The Morgan fingerprint density at radius 3 is 2.69 bits per heavy atom. The normalized spacial score (nSPS) is 24.8. The van der Waals surface area contributed by atoms with Gasteiger partial charge in [-0.15, -0.1) is 0 Å². The highest BCUT2D eigenvalue weighted by Crippen LogP contribution is 2.30. The molecule has 2 N–H and O–H groups in total. The van der Waals surface area contributed by atoms with Crippen LogP contribution in [0.3, 0.4) is 0 Å². The van der Waals surface area contributed by atoms with Gasteiger partial charge in [0.25, 0.3) is 0 Å². The van der Waals surface area contributed by atoms with Crippen molar-refractivity contribution in [3.63, 3.8) is 0 Å². The van der Waals surface area contributed by atoms with E-state index in [1.165, 1.54) is 12.0 Å². The Labute approximate surface area is 97.7 Å². The highest BCUT2D eigenvalue weighted by molar-refractivity contribution is 5.14. The van der Waals surface area contributed by atoms with E-state index in [-0.39, 0.29) is 5.41 Å². The number of hydrogen-bond donors (Lipinski definition) is 2. The van der Waals surface area contributed by atoms with Crippen molar-refractivity contribution in [1.82, 2.24) is 5.32 Å². The Balaban J connectivity index is 1.79. The lowest BCUT2D eigenvalue weighted by Gasteiger charge is -2.25. The molecule has 88 valence electrons. The molecule has 1 aliphatic rings. The van der Waals surface area contributed by atoms with Crippen molar-refractivity contribution < 1.29 is 5.11 Å². The van der Waals surface area contributed by atoms with Gasteiger partial charge in [-0.3, -0.25) is 0 Å². The lowest BCUT2D eigenvalue weighted by Crippen LogP contribution is -2.28. The van der Waals surface area contributed by atoms with Crippen LogP contribution in [0.25, 0.3) is 0 Å². The van der Waals surface area contributed by atoms with Gasteiger partial charge in [0.2, 0.25) is 0 Å². The molecule has 0 aliphatic carbocycles. The third-order valence-corrected chi connectivity index (χ3v) is 3.68. The van der Waals surface area contributed by atoms with Gasteiger partial charge in [0.05, 0.1) is 0 Å². The second kappa shape index (κ2) is 5.46. The quantitative estimate of drug-likeness (QED) is 0.793. The molecule has 16 heavy (non-hydrogen) atoms. The van der Waals surface area contributed by atoms with E-state index in [2.05, 4.69) is 35.6 Å². The first-order valence-corrected chi connectivity index (χ1v) is 6.20. The van der Waals surface area contributed by atoms with E-state index in [1.54, 1.807) is 0 Å². The first-order chi connectivity index (χ1) is 7.85. The van der Waals surface area contributed by atoms with Crippen LogP contribution in [0.15, 0.2) is 30.3 Å². The number of nitrogens with one attached hydrogen (secondary N) is 1. The Morgan fingerprint density at radius 2 is 2.06 bits per heavy atom. The molecule has 0 saturated carbocycles. The van der Waals surface area contributed by atoms with Crippen LogP contribution in [-0.2, 0) is 6.42 Å².